The van der Waals surface area contributed by atoms with Crippen molar-refractivity contribution in [1.29, 1.82) is 0 Å². The van der Waals surface area contributed by atoms with Gasteiger partial charge in [0.2, 0.25) is 0 Å². The second-order valence-corrected chi connectivity index (χ2v) is 6.75. The molecule has 5 heteroatoms. The zero-order chi connectivity index (χ0) is 17.4. The molecule has 0 saturated carbocycles. The Bertz CT molecular complexity index is 901. The number of carbonyl (C=O) groups is 1. The summed E-state index contributed by atoms with van der Waals surface area (Å²) in [5.41, 5.74) is 5.12. The Morgan fingerprint density at radius 2 is 1.88 bits per heavy atom. The fraction of sp³-hybridized carbons (Fsp3) is 0.350. The van der Waals surface area contributed by atoms with E-state index in [4.69, 9.17) is 4.42 Å². The number of benzene rings is 1. The van der Waals surface area contributed by atoms with Gasteiger partial charge in [-0.25, -0.2) is 0 Å². The summed E-state index contributed by atoms with van der Waals surface area (Å²) in [7, 11) is 1.92. The average molecular weight is 337 g/mol. The van der Waals surface area contributed by atoms with Gasteiger partial charge in [0.05, 0.1) is 11.8 Å². The number of piperazine rings is 1. The number of fused-ring (bicyclic) bond motifs is 1. The maximum absolute atomic E-state index is 12.9. The molecule has 0 atom stereocenters. The van der Waals surface area contributed by atoms with Crippen LogP contribution in [0.1, 0.15) is 21.6 Å². The Hall–Kier alpha value is -2.53. The third-order valence-electron chi connectivity index (χ3n) is 5.20. The van der Waals surface area contributed by atoms with E-state index in [-0.39, 0.29) is 5.91 Å². The van der Waals surface area contributed by atoms with Gasteiger partial charge in [-0.3, -0.25) is 9.69 Å². The largest absolute Gasteiger partial charge is 0.463 e. The van der Waals surface area contributed by atoms with E-state index in [2.05, 4.69) is 36.1 Å². The molecule has 2 aromatic heterocycles. The summed E-state index contributed by atoms with van der Waals surface area (Å²) < 4.78 is 7.33. The van der Waals surface area contributed by atoms with Crippen molar-refractivity contribution in [1.82, 2.24) is 14.4 Å². The summed E-state index contributed by atoms with van der Waals surface area (Å²) in [5, 5.41) is 0. The maximum Gasteiger partial charge on any atom is 0.270 e. The molecule has 0 radical (unpaired) electrons. The van der Waals surface area contributed by atoms with Crippen molar-refractivity contribution in [2.45, 2.75) is 13.5 Å². The molecule has 4 rings (SSSR count). The van der Waals surface area contributed by atoms with Crippen molar-refractivity contribution in [2.24, 2.45) is 7.05 Å². The molecule has 0 spiro atoms. The van der Waals surface area contributed by atoms with E-state index >= 15 is 0 Å². The number of nitrogens with zero attached hydrogens (tertiary/aromatic N) is 3. The molecule has 3 heterocycles. The van der Waals surface area contributed by atoms with Crippen LogP contribution in [-0.2, 0) is 13.6 Å². The van der Waals surface area contributed by atoms with Crippen LogP contribution in [-0.4, -0.2) is 46.5 Å². The Kier molecular flexibility index (Phi) is 4.09. The second-order valence-electron chi connectivity index (χ2n) is 6.75. The molecule has 0 bridgehead atoms. The van der Waals surface area contributed by atoms with Crippen molar-refractivity contribution in [3.8, 4) is 0 Å². The molecule has 1 aliphatic rings. The SMILES string of the molecule is Cc1ccccc1CN1CCN(C(=O)c2cc3occc3n2C)CC1. The van der Waals surface area contributed by atoms with Gasteiger partial charge in [-0.2, -0.15) is 0 Å². The molecule has 1 aliphatic heterocycles. The van der Waals surface area contributed by atoms with Crippen LogP contribution in [0, 0.1) is 6.92 Å². The van der Waals surface area contributed by atoms with Gasteiger partial charge in [0, 0.05) is 51.9 Å². The van der Waals surface area contributed by atoms with Gasteiger partial charge in [0.25, 0.3) is 5.91 Å². The Balaban J connectivity index is 1.41. The monoisotopic (exact) mass is 337 g/mol. The predicted molar refractivity (Wildman–Crippen MR) is 97.5 cm³/mol. The average Bonchev–Trinajstić information content (AvgIpc) is 3.20. The van der Waals surface area contributed by atoms with Crippen LogP contribution in [0.25, 0.3) is 11.1 Å². The number of rotatable bonds is 3. The van der Waals surface area contributed by atoms with Crippen LogP contribution in [0.2, 0.25) is 0 Å². The molecule has 1 saturated heterocycles. The lowest BCUT2D eigenvalue weighted by Gasteiger charge is -2.35. The first-order valence-corrected chi connectivity index (χ1v) is 8.72. The van der Waals surface area contributed by atoms with E-state index in [1.807, 2.05) is 28.6 Å². The Morgan fingerprint density at radius 3 is 2.60 bits per heavy atom. The number of carbonyl (C=O) groups excluding carboxylic acids is 1. The van der Waals surface area contributed by atoms with E-state index in [0.717, 1.165) is 43.8 Å². The lowest BCUT2D eigenvalue weighted by atomic mass is 10.1. The van der Waals surface area contributed by atoms with Crippen molar-refractivity contribution in [2.75, 3.05) is 26.2 Å². The van der Waals surface area contributed by atoms with Gasteiger partial charge in [-0.05, 0) is 18.1 Å². The Labute approximate surface area is 147 Å². The zero-order valence-electron chi connectivity index (χ0n) is 14.7. The first kappa shape index (κ1) is 16.0. The van der Waals surface area contributed by atoms with Crippen molar-refractivity contribution in [3.05, 3.63) is 59.5 Å². The molecule has 1 fully saturated rings. The number of aryl methyl sites for hydroxylation is 2. The molecule has 1 amide bonds. The minimum atomic E-state index is 0.0874. The summed E-state index contributed by atoms with van der Waals surface area (Å²) in [5.74, 6) is 0.0874. The van der Waals surface area contributed by atoms with Gasteiger partial charge in [-0.1, -0.05) is 24.3 Å². The molecule has 0 unspecified atom stereocenters. The number of hydrogen-bond acceptors (Lipinski definition) is 3. The first-order chi connectivity index (χ1) is 12.1. The maximum atomic E-state index is 12.9. The van der Waals surface area contributed by atoms with Crippen LogP contribution < -0.4 is 0 Å². The smallest absolute Gasteiger partial charge is 0.270 e. The number of amides is 1. The van der Waals surface area contributed by atoms with Gasteiger partial charge in [0.15, 0.2) is 5.58 Å². The van der Waals surface area contributed by atoms with Gasteiger partial charge in [0.1, 0.15) is 5.69 Å². The second kappa shape index (κ2) is 6.41. The molecule has 130 valence electrons. The number of aromatic nitrogens is 1. The summed E-state index contributed by atoms with van der Waals surface area (Å²) in [6.07, 6.45) is 1.66. The van der Waals surface area contributed by atoms with Crippen LogP contribution in [0.15, 0.2) is 47.1 Å². The normalized spacial score (nSPS) is 15.8. The summed E-state index contributed by atoms with van der Waals surface area (Å²) in [4.78, 5) is 17.2. The lowest BCUT2D eigenvalue weighted by molar-refractivity contribution is 0.0619. The van der Waals surface area contributed by atoms with Gasteiger partial charge >= 0.3 is 0 Å². The van der Waals surface area contributed by atoms with E-state index in [1.165, 1.54) is 11.1 Å². The minimum Gasteiger partial charge on any atom is -0.463 e. The number of hydrogen-bond donors (Lipinski definition) is 0. The fourth-order valence-electron chi connectivity index (χ4n) is 3.55. The van der Waals surface area contributed by atoms with E-state index < -0.39 is 0 Å². The predicted octanol–water partition coefficient (Wildman–Crippen LogP) is 3.04. The van der Waals surface area contributed by atoms with E-state index in [1.54, 1.807) is 6.26 Å². The standard InChI is InChI=1S/C20H23N3O2/c1-15-5-3-4-6-16(15)14-22-8-10-23(11-9-22)20(24)18-13-19-17(21(18)2)7-12-25-19/h3-7,12-13H,8-11,14H2,1-2H3. The van der Waals surface area contributed by atoms with Gasteiger partial charge in [-0.15, -0.1) is 0 Å². The molecule has 0 N–H and O–H groups in total. The van der Waals surface area contributed by atoms with Crippen LogP contribution >= 0.6 is 0 Å². The summed E-state index contributed by atoms with van der Waals surface area (Å²) >= 11 is 0. The summed E-state index contributed by atoms with van der Waals surface area (Å²) in [6.45, 7) is 6.43. The van der Waals surface area contributed by atoms with E-state index in [0.29, 0.717) is 5.69 Å². The lowest BCUT2D eigenvalue weighted by Crippen LogP contribution is -2.48. The molecule has 3 aromatic rings. The van der Waals surface area contributed by atoms with E-state index in [9.17, 15) is 4.79 Å². The highest BCUT2D eigenvalue weighted by Crippen LogP contribution is 2.21. The minimum absolute atomic E-state index is 0.0874. The quantitative estimate of drug-likeness (QED) is 0.738. The molecule has 0 aliphatic carbocycles. The Morgan fingerprint density at radius 1 is 1.12 bits per heavy atom. The van der Waals surface area contributed by atoms with Crippen LogP contribution in [0.5, 0.6) is 0 Å². The molecule has 5 nitrogen and oxygen atoms in total. The third kappa shape index (κ3) is 2.96. The fourth-order valence-corrected chi connectivity index (χ4v) is 3.55. The highest BCUT2D eigenvalue weighted by Gasteiger charge is 2.25. The number of furan rings is 1. The van der Waals surface area contributed by atoms with Crippen LogP contribution in [0.4, 0.5) is 0 Å². The highest BCUT2D eigenvalue weighted by molar-refractivity contribution is 5.97. The first-order valence-electron chi connectivity index (χ1n) is 8.72. The van der Waals surface area contributed by atoms with Gasteiger partial charge < -0.3 is 13.9 Å². The molecular weight excluding hydrogens is 314 g/mol. The highest BCUT2D eigenvalue weighted by atomic mass is 16.3. The summed E-state index contributed by atoms with van der Waals surface area (Å²) in [6, 6.07) is 12.2. The third-order valence-corrected chi connectivity index (χ3v) is 5.20. The van der Waals surface area contributed by atoms with Crippen LogP contribution in [0.3, 0.4) is 0 Å². The molecular formula is C20H23N3O2. The van der Waals surface area contributed by atoms with Crippen molar-refractivity contribution < 1.29 is 9.21 Å². The molecule has 1 aromatic carbocycles. The topological polar surface area (TPSA) is 41.6 Å². The molecule has 25 heavy (non-hydrogen) atoms. The van der Waals surface area contributed by atoms with Crippen molar-refractivity contribution >= 4 is 17.0 Å². The zero-order valence-corrected chi connectivity index (χ0v) is 14.7. The van der Waals surface area contributed by atoms with Crippen molar-refractivity contribution in [3.63, 3.8) is 0 Å².